The third-order valence-corrected chi connectivity index (χ3v) is 7.26. The predicted octanol–water partition coefficient (Wildman–Crippen LogP) is 6.87. The van der Waals surface area contributed by atoms with Crippen molar-refractivity contribution in [2.45, 2.75) is 84.5 Å². The summed E-state index contributed by atoms with van der Waals surface area (Å²) in [5.41, 5.74) is 1.12. The van der Waals surface area contributed by atoms with E-state index in [4.69, 9.17) is 9.47 Å². The van der Waals surface area contributed by atoms with Crippen LogP contribution in [-0.2, 0) is 20.7 Å². The Kier molecular flexibility index (Phi) is 12.4. The Bertz CT molecular complexity index is 1390. The van der Waals surface area contributed by atoms with E-state index in [1.807, 2.05) is 37.3 Å². The summed E-state index contributed by atoms with van der Waals surface area (Å²) in [6, 6.07) is 20.2. The minimum Gasteiger partial charge on any atom is -0.508 e. The molecule has 0 saturated heterocycles. The molecule has 45 heavy (non-hydrogen) atoms. The lowest BCUT2D eigenvalue weighted by Gasteiger charge is -2.39. The van der Waals surface area contributed by atoms with Crippen molar-refractivity contribution >= 4 is 23.6 Å². The number of amides is 3. The van der Waals surface area contributed by atoms with Crippen LogP contribution in [0, 0.1) is 5.92 Å². The molecule has 3 rings (SSSR count). The standard InChI is InChI=1S/C36H47N3O6/c1-24(2)13-14-25(3)39(32(27-11-9-8-10-12-27)33(41)37-28-17-21-30(44-7)22-18-28)34(42)31(38-35(43)45-36(4,5)6)23-26-15-19-29(40)20-16-26/h8-12,15-22,24-25,31-32,40H,13-14,23H2,1-7H3,(H,37,41)(H,38,43). The van der Waals surface area contributed by atoms with Crippen LogP contribution in [0.2, 0.25) is 0 Å². The number of hydrogen-bond acceptors (Lipinski definition) is 6. The number of phenols is 1. The van der Waals surface area contributed by atoms with Gasteiger partial charge in [0.15, 0.2) is 0 Å². The van der Waals surface area contributed by atoms with Gasteiger partial charge in [-0.15, -0.1) is 0 Å². The molecule has 3 atom stereocenters. The summed E-state index contributed by atoms with van der Waals surface area (Å²) in [5.74, 6) is 0.295. The van der Waals surface area contributed by atoms with Crippen molar-refractivity contribution in [1.82, 2.24) is 10.2 Å². The minimum atomic E-state index is -1.06. The molecule has 0 aliphatic carbocycles. The number of carbonyl (C=O) groups excluding carboxylic acids is 3. The quantitative estimate of drug-likeness (QED) is 0.193. The van der Waals surface area contributed by atoms with Gasteiger partial charge in [0.25, 0.3) is 5.91 Å². The van der Waals surface area contributed by atoms with Crippen LogP contribution in [0.5, 0.6) is 11.5 Å². The van der Waals surface area contributed by atoms with Gasteiger partial charge in [-0.3, -0.25) is 9.59 Å². The molecule has 9 heteroatoms. The maximum Gasteiger partial charge on any atom is 0.408 e. The Morgan fingerprint density at radius 1 is 0.867 bits per heavy atom. The zero-order valence-corrected chi connectivity index (χ0v) is 27.4. The van der Waals surface area contributed by atoms with Crippen LogP contribution < -0.4 is 15.4 Å². The number of benzene rings is 3. The molecule has 0 aliphatic heterocycles. The number of nitrogens with zero attached hydrogens (tertiary/aromatic N) is 1. The number of rotatable bonds is 13. The maximum absolute atomic E-state index is 14.8. The van der Waals surface area contributed by atoms with Gasteiger partial charge in [-0.1, -0.05) is 56.3 Å². The van der Waals surface area contributed by atoms with E-state index in [1.54, 1.807) is 69.2 Å². The third-order valence-electron chi connectivity index (χ3n) is 7.26. The Morgan fingerprint density at radius 3 is 2.04 bits per heavy atom. The highest BCUT2D eigenvalue weighted by Crippen LogP contribution is 2.29. The summed E-state index contributed by atoms with van der Waals surface area (Å²) in [7, 11) is 1.57. The molecule has 242 valence electrons. The Balaban J connectivity index is 2.09. The second kappa shape index (κ2) is 16.0. The fourth-order valence-corrected chi connectivity index (χ4v) is 4.97. The number of aromatic hydroxyl groups is 1. The lowest BCUT2D eigenvalue weighted by atomic mass is 9.96. The van der Waals surface area contributed by atoms with E-state index < -0.39 is 35.6 Å². The molecule has 9 nitrogen and oxygen atoms in total. The molecule has 0 saturated carbocycles. The van der Waals surface area contributed by atoms with Gasteiger partial charge in [0.1, 0.15) is 29.2 Å². The third kappa shape index (κ3) is 10.8. The normalized spacial score (nSPS) is 13.3. The number of phenolic OH excluding ortho intramolecular Hbond substituents is 1. The van der Waals surface area contributed by atoms with Crippen LogP contribution in [0.3, 0.4) is 0 Å². The number of nitrogens with one attached hydrogen (secondary N) is 2. The molecular formula is C36H47N3O6. The monoisotopic (exact) mass is 617 g/mol. The SMILES string of the molecule is COc1ccc(NC(=O)C(c2ccccc2)N(C(=O)C(Cc2ccc(O)cc2)NC(=O)OC(C)(C)C)C(C)CCC(C)C)cc1. The van der Waals surface area contributed by atoms with Crippen LogP contribution in [0.1, 0.15) is 71.6 Å². The highest BCUT2D eigenvalue weighted by Gasteiger charge is 2.39. The van der Waals surface area contributed by atoms with Gasteiger partial charge in [0, 0.05) is 18.2 Å². The number of methoxy groups -OCH3 is 1. The van der Waals surface area contributed by atoms with Gasteiger partial charge < -0.3 is 30.1 Å². The van der Waals surface area contributed by atoms with Gasteiger partial charge in [-0.25, -0.2) is 4.79 Å². The number of alkyl carbamates (subject to hydrolysis) is 1. The van der Waals surface area contributed by atoms with E-state index in [1.165, 1.54) is 12.1 Å². The molecule has 3 unspecified atom stereocenters. The molecule has 0 spiro atoms. The van der Waals surface area contributed by atoms with Gasteiger partial charge in [-0.2, -0.15) is 0 Å². The summed E-state index contributed by atoms with van der Waals surface area (Å²) in [5, 5.41) is 15.6. The molecule has 0 radical (unpaired) electrons. The molecular weight excluding hydrogens is 570 g/mol. The smallest absolute Gasteiger partial charge is 0.408 e. The fraction of sp³-hybridized carbons (Fsp3) is 0.417. The van der Waals surface area contributed by atoms with Gasteiger partial charge in [0.2, 0.25) is 5.91 Å². The Morgan fingerprint density at radius 2 is 1.49 bits per heavy atom. The second-order valence-electron chi connectivity index (χ2n) is 12.7. The molecule has 0 aliphatic rings. The van der Waals surface area contributed by atoms with E-state index in [9.17, 15) is 19.5 Å². The van der Waals surface area contributed by atoms with Crippen molar-refractivity contribution in [2.75, 3.05) is 12.4 Å². The molecule has 3 aromatic rings. The van der Waals surface area contributed by atoms with Crippen molar-refractivity contribution in [3.8, 4) is 11.5 Å². The number of ether oxygens (including phenoxy) is 2. The average Bonchev–Trinajstić information content (AvgIpc) is 2.98. The lowest BCUT2D eigenvalue weighted by molar-refractivity contribution is -0.143. The number of hydrogen-bond donors (Lipinski definition) is 3. The van der Waals surface area contributed by atoms with Crippen LogP contribution in [0.4, 0.5) is 10.5 Å². The Labute approximate surface area is 266 Å². The van der Waals surface area contributed by atoms with Crippen molar-refractivity contribution in [3.63, 3.8) is 0 Å². The largest absolute Gasteiger partial charge is 0.508 e. The van der Waals surface area contributed by atoms with Crippen molar-refractivity contribution in [3.05, 3.63) is 90.0 Å². The Hall–Kier alpha value is -4.53. The second-order valence-corrected chi connectivity index (χ2v) is 12.7. The summed E-state index contributed by atoms with van der Waals surface area (Å²) < 4.78 is 10.8. The fourth-order valence-electron chi connectivity index (χ4n) is 4.97. The molecule has 3 N–H and O–H groups in total. The van der Waals surface area contributed by atoms with Gasteiger partial charge in [-0.05, 0) is 94.0 Å². The molecule has 3 amide bonds. The van der Waals surface area contributed by atoms with E-state index in [0.29, 0.717) is 29.3 Å². The highest BCUT2D eigenvalue weighted by atomic mass is 16.6. The van der Waals surface area contributed by atoms with E-state index in [0.717, 1.165) is 12.0 Å². The molecule has 0 fully saturated rings. The predicted molar refractivity (Wildman–Crippen MR) is 176 cm³/mol. The topological polar surface area (TPSA) is 117 Å². The minimum absolute atomic E-state index is 0.0880. The maximum atomic E-state index is 14.8. The summed E-state index contributed by atoms with van der Waals surface area (Å²) in [6.07, 6.45) is 0.844. The number of anilines is 1. The molecule has 0 bridgehead atoms. The van der Waals surface area contributed by atoms with Gasteiger partial charge >= 0.3 is 6.09 Å². The summed E-state index contributed by atoms with van der Waals surface area (Å²) >= 11 is 0. The van der Waals surface area contributed by atoms with Crippen LogP contribution in [0.25, 0.3) is 0 Å². The zero-order valence-electron chi connectivity index (χ0n) is 27.4. The van der Waals surface area contributed by atoms with E-state index >= 15 is 0 Å². The van der Waals surface area contributed by atoms with Crippen LogP contribution in [-0.4, -0.2) is 52.7 Å². The molecule has 0 heterocycles. The highest BCUT2D eigenvalue weighted by molar-refractivity contribution is 5.99. The summed E-state index contributed by atoms with van der Waals surface area (Å²) in [6.45, 7) is 11.4. The first-order valence-corrected chi connectivity index (χ1v) is 15.4. The molecule has 0 aromatic heterocycles. The average molecular weight is 618 g/mol. The van der Waals surface area contributed by atoms with E-state index in [-0.39, 0.29) is 18.2 Å². The zero-order chi connectivity index (χ0) is 33.1. The van der Waals surface area contributed by atoms with Gasteiger partial charge in [0.05, 0.1) is 7.11 Å². The summed E-state index contributed by atoms with van der Waals surface area (Å²) in [4.78, 5) is 43.6. The lowest BCUT2D eigenvalue weighted by Crippen LogP contribution is -2.55. The van der Waals surface area contributed by atoms with E-state index in [2.05, 4.69) is 24.5 Å². The van der Waals surface area contributed by atoms with Crippen molar-refractivity contribution in [2.24, 2.45) is 5.92 Å². The molecule has 3 aromatic carbocycles. The number of carbonyl (C=O) groups is 3. The van der Waals surface area contributed by atoms with Crippen molar-refractivity contribution < 1.29 is 29.0 Å². The van der Waals surface area contributed by atoms with Crippen LogP contribution in [0.15, 0.2) is 78.9 Å². The van der Waals surface area contributed by atoms with Crippen LogP contribution >= 0.6 is 0 Å². The first-order chi connectivity index (χ1) is 21.3. The first kappa shape index (κ1) is 35.0. The first-order valence-electron chi connectivity index (χ1n) is 15.4. The van der Waals surface area contributed by atoms with Crippen molar-refractivity contribution in [1.29, 1.82) is 0 Å².